The van der Waals surface area contributed by atoms with Gasteiger partial charge < -0.3 is 10.2 Å². The largest absolute Gasteiger partial charge is 0.351 e. The summed E-state index contributed by atoms with van der Waals surface area (Å²) in [6, 6.07) is 12.4. The first kappa shape index (κ1) is 22.4. The summed E-state index contributed by atoms with van der Waals surface area (Å²) in [6.45, 7) is 2.05. The van der Waals surface area contributed by atoms with E-state index in [2.05, 4.69) is 64.6 Å². The van der Waals surface area contributed by atoms with E-state index in [9.17, 15) is 9.59 Å². The minimum atomic E-state index is -0.204. The Morgan fingerprint density at radius 1 is 1.12 bits per heavy atom. The van der Waals surface area contributed by atoms with E-state index in [1.165, 1.54) is 11.9 Å². The monoisotopic (exact) mass is 435 g/mol. The maximum absolute atomic E-state index is 12.8. The van der Waals surface area contributed by atoms with Crippen molar-refractivity contribution in [3.05, 3.63) is 60.2 Å². The van der Waals surface area contributed by atoms with Crippen molar-refractivity contribution in [1.29, 1.82) is 0 Å². The fraction of sp³-hybridized carbons (Fsp3) is 0.520. The molecule has 1 aliphatic heterocycles. The van der Waals surface area contributed by atoms with Gasteiger partial charge in [0.15, 0.2) is 0 Å². The van der Waals surface area contributed by atoms with E-state index >= 15 is 0 Å². The highest BCUT2D eigenvalue weighted by molar-refractivity contribution is 5.92. The molecule has 1 spiro atoms. The standard InChI is InChI=1S/C25H33N5O2/c1-29(2)25(20-7-4-3-5-8-20)12-10-24(11-13-25)17-22(31)30(18-24)16-6-14-27-23(32)21-9-15-26-19-28-21/h3-5,7-9,15,19H,6,10-14,16-18H2,1-2H3,(H,27,32)/t24-,25-. The van der Waals surface area contributed by atoms with Gasteiger partial charge in [0.05, 0.1) is 0 Å². The van der Waals surface area contributed by atoms with Crippen molar-refractivity contribution < 1.29 is 9.59 Å². The van der Waals surface area contributed by atoms with Gasteiger partial charge in [-0.3, -0.25) is 14.5 Å². The van der Waals surface area contributed by atoms with Gasteiger partial charge in [0, 0.05) is 37.8 Å². The molecule has 2 aromatic rings. The number of carbonyl (C=O) groups excluding carboxylic acids is 2. The van der Waals surface area contributed by atoms with Gasteiger partial charge in [0.2, 0.25) is 5.91 Å². The topological polar surface area (TPSA) is 78.4 Å². The fourth-order valence-electron chi connectivity index (χ4n) is 5.44. The molecule has 0 radical (unpaired) electrons. The van der Waals surface area contributed by atoms with Crippen molar-refractivity contribution in [1.82, 2.24) is 25.1 Å². The summed E-state index contributed by atoms with van der Waals surface area (Å²) < 4.78 is 0. The molecule has 1 saturated heterocycles. The molecule has 2 heterocycles. The fourth-order valence-corrected chi connectivity index (χ4v) is 5.44. The zero-order valence-electron chi connectivity index (χ0n) is 19.1. The third kappa shape index (κ3) is 4.53. The lowest BCUT2D eigenvalue weighted by Crippen LogP contribution is -2.47. The smallest absolute Gasteiger partial charge is 0.270 e. The van der Waals surface area contributed by atoms with Crippen LogP contribution in [0.5, 0.6) is 0 Å². The van der Waals surface area contributed by atoms with E-state index in [0.717, 1.165) is 38.6 Å². The van der Waals surface area contributed by atoms with Gasteiger partial charge in [-0.1, -0.05) is 30.3 Å². The molecule has 7 heteroatoms. The first-order valence-electron chi connectivity index (χ1n) is 11.5. The van der Waals surface area contributed by atoms with Crippen molar-refractivity contribution in [2.24, 2.45) is 5.41 Å². The molecule has 0 bridgehead atoms. The average molecular weight is 436 g/mol. The van der Waals surface area contributed by atoms with Crippen molar-refractivity contribution in [2.75, 3.05) is 33.7 Å². The molecular weight excluding hydrogens is 402 g/mol. The molecule has 1 aliphatic carbocycles. The third-order valence-corrected chi connectivity index (χ3v) is 7.42. The molecule has 170 valence electrons. The van der Waals surface area contributed by atoms with E-state index in [4.69, 9.17) is 0 Å². The van der Waals surface area contributed by atoms with Crippen LogP contribution in [-0.4, -0.2) is 65.3 Å². The average Bonchev–Trinajstić information content (AvgIpc) is 3.13. The van der Waals surface area contributed by atoms with E-state index in [-0.39, 0.29) is 22.8 Å². The molecule has 4 rings (SSSR count). The van der Waals surface area contributed by atoms with Crippen LogP contribution in [0.1, 0.15) is 54.6 Å². The van der Waals surface area contributed by atoms with E-state index < -0.39 is 0 Å². The van der Waals surface area contributed by atoms with Crippen molar-refractivity contribution in [2.45, 2.75) is 44.1 Å². The number of rotatable bonds is 7. The zero-order valence-corrected chi connectivity index (χ0v) is 19.1. The predicted molar refractivity (Wildman–Crippen MR) is 123 cm³/mol. The van der Waals surface area contributed by atoms with Gasteiger partial charge in [-0.2, -0.15) is 0 Å². The third-order valence-electron chi connectivity index (χ3n) is 7.42. The van der Waals surface area contributed by atoms with Crippen LogP contribution in [-0.2, 0) is 10.3 Å². The highest BCUT2D eigenvalue weighted by Gasteiger charge is 2.49. The summed E-state index contributed by atoms with van der Waals surface area (Å²) in [5.74, 6) is 0.0500. The molecule has 32 heavy (non-hydrogen) atoms. The van der Waals surface area contributed by atoms with Crippen molar-refractivity contribution >= 4 is 11.8 Å². The summed E-state index contributed by atoms with van der Waals surface area (Å²) in [5, 5.41) is 2.88. The Hall–Kier alpha value is -2.80. The number of amides is 2. The first-order chi connectivity index (χ1) is 15.4. The molecule has 7 nitrogen and oxygen atoms in total. The Bertz CT molecular complexity index is 924. The van der Waals surface area contributed by atoms with E-state index in [1.54, 1.807) is 12.3 Å². The van der Waals surface area contributed by atoms with Gasteiger partial charge in [0.25, 0.3) is 5.91 Å². The number of hydrogen-bond acceptors (Lipinski definition) is 5. The predicted octanol–water partition coefficient (Wildman–Crippen LogP) is 2.85. The molecule has 2 aliphatic rings. The molecule has 1 aromatic carbocycles. The van der Waals surface area contributed by atoms with Gasteiger partial charge in [0.1, 0.15) is 12.0 Å². The molecule has 2 amide bonds. The van der Waals surface area contributed by atoms with Crippen LogP contribution in [0, 0.1) is 5.41 Å². The van der Waals surface area contributed by atoms with Crippen LogP contribution in [0.25, 0.3) is 0 Å². The lowest BCUT2D eigenvalue weighted by Gasteiger charge is -2.48. The first-order valence-corrected chi connectivity index (χ1v) is 11.5. The molecule has 1 N–H and O–H groups in total. The lowest BCUT2D eigenvalue weighted by atomic mass is 9.64. The summed E-state index contributed by atoms with van der Waals surface area (Å²) >= 11 is 0. The quantitative estimate of drug-likeness (QED) is 0.677. The molecule has 1 saturated carbocycles. The Kier molecular flexibility index (Phi) is 6.55. The molecule has 1 aromatic heterocycles. The van der Waals surface area contributed by atoms with Crippen molar-refractivity contribution in [3.63, 3.8) is 0 Å². The molecule has 0 unspecified atom stereocenters. The number of hydrogen-bond donors (Lipinski definition) is 1. The maximum atomic E-state index is 12.8. The summed E-state index contributed by atoms with van der Waals surface area (Å²) in [7, 11) is 4.35. The van der Waals surface area contributed by atoms with Crippen LogP contribution >= 0.6 is 0 Å². The Balaban J connectivity index is 1.29. The second-order valence-corrected chi connectivity index (χ2v) is 9.49. The minimum absolute atomic E-state index is 0.0499. The summed E-state index contributed by atoms with van der Waals surface area (Å²) in [4.78, 5) is 37.0. The van der Waals surface area contributed by atoms with E-state index in [0.29, 0.717) is 25.2 Å². The SMILES string of the molecule is CN(C)[C@]1(c2ccccc2)CC[C@@]2(CC1)CC(=O)N(CCCNC(=O)c1ccncn1)C2. The van der Waals surface area contributed by atoms with Crippen LogP contribution < -0.4 is 5.32 Å². The molecule has 2 fully saturated rings. The van der Waals surface area contributed by atoms with Crippen LogP contribution in [0.3, 0.4) is 0 Å². The second kappa shape index (κ2) is 9.36. The van der Waals surface area contributed by atoms with Crippen LogP contribution in [0.4, 0.5) is 0 Å². The van der Waals surface area contributed by atoms with Gasteiger partial charge in [-0.05, 0) is 63.2 Å². The zero-order chi connectivity index (χ0) is 22.6. The van der Waals surface area contributed by atoms with Crippen LogP contribution in [0.2, 0.25) is 0 Å². The number of nitrogens with zero attached hydrogens (tertiary/aromatic N) is 4. The molecule has 0 atom stereocenters. The number of nitrogens with one attached hydrogen (secondary N) is 1. The maximum Gasteiger partial charge on any atom is 0.270 e. The van der Waals surface area contributed by atoms with Crippen LogP contribution in [0.15, 0.2) is 48.9 Å². The summed E-state index contributed by atoms with van der Waals surface area (Å²) in [5.41, 5.74) is 1.88. The number of likely N-dealkylation sites (tertiary alicyclic amines) is 1. The Morgan fingerprint density at radius 2 is 1.88 bits per heavy atom. The number of carbonyl (C=O) groups is 2. The normalized spacial score (nSPS) is 25.5. The minimum Gasteiger partial charge on any atom is -0.351 e. The molecular formula is C25H33N5O2. The van der Waals surface area contributed by atoms with Gasteiger partial charge in [-0.15, -0.1) is 0 Å². The highest BCUT2D eigenvalue weighted by Crippen LogP contribution is 2.52. The van der Waals surface area contributed by atoms with Crippen molar-refractivity contribution in [3.8, 4) is 0 Å². The summed E-state index contributed by atoms with van der Waals surface area (Å²) in [6.07, 6.45) is 8.57. The Labute approximate surface area is 190 Å². The van der Waals surface area contributed by atoms with E-state index in [1.807, 2.05) is 4.90 Å². The number of aromatic nitrogens is 2. The number of benzene rings is 1. The second-order valence-electron chi connectivity index (χ2n) is 9.49. The lowest BCUT2D eigenvalue weighted by molar-refractivity contribution is -0.127. The Morgan fingerprint density at radius 3 is 2.53 bits per heavy atom. The van der Waals surface area contributed by atoms with Gasteiger partial charge in [-0.25, -0.2) is 9.97 Å². The highest BCUT2D eigenvalue weighted by atomic mass is 16.2. The van der Waals surface area contributed by atoms with Gasteiger partial charge >= 0.3 is 0 Å².